The Morgan fingerprint density at radius 1 is 1.36 bits per heavy atom. The number of rotatable bonds is 3. The quantitative estimate of drug-likeness (QED) is 0.655. The van der Waals surface area contributed by atoms with E-state index in [0.717, 1.165) is 6.54 Å². The maximum Gasteiger partial charge on any atom is 0.0391 e. The number of hydrogen-bond acceptors (Lipinski definition) is 2. The molecule has 0 spiro atoms. The summed E-state index contributed by atoms with van der Waals surface area (Å²) in [6, 6.07) is 10.3. The summed E-state index contributed by atoms with van der Waals surface area (Å²) in [5, 5.41) is 3.40. The van der Waals surface area contributed by atoms with Crippen molar-refractivity contribution in [3.63, 3.8) is 0 Å². The van der Waals surface area contributed by atoms with Crippen LogP contribution < -0.4 is 5.32 Å². The number of likely N-dealkylation sites (N-methyl/N-ethyl adjacent to an activating group) is 1. The Balaban J connectivity index is 2.61. The summed E-state index contributed by atoms with van der Waals surface area (Å²) in [6.45, 7) is 0.910. The molecule has 0 saturated carbocycles. The van der Waals surface area contributed by atoms with Gasteiger partial charge in [0, 0.05) is 11.8 Å². The maximum atomic E-state index is 4.44. The molecule has 1 unspecified atom stereocenters. The van der Waals surface area contributed by atoms with Gasteiger partial charge in [0.15, 0.2) is 0 Å². The van der Waals surface area contributed by atoms with Gasteiger partial charge in [0.25, 0.3) is 0 Å². The minimum atomic E-state index is 0.307. The Labute approximate surface area is 73.2 Å². The van der Waals surface area contributed by atoms with Crippen LogP contribution in [0.25, 0.3) is 0 Å². The van der Waals surface area contributed by atoms with Gasteiger partial charge in [0.2, 0.25) is 0 Å². The lowest BCUT2D eigenvalue weighted by Crippen LogP contribution is -2.12. The van der Waals surface area contributed by atoms with E-state index in [2.05, 4.69) is 30.1 Å². The van der Waals surface area contributed by atoms with Gasteiger partial charge in [-0.3, -0.25) is 0 Å². The molecule has 0 bridgehead atoms. The first-order chi connectivity index (χ1) is 5.34. The van der Waals surface area contributed by atoms with E-state index in [0.29, 0.717) is 5.25 Å². The molecular weight excluding hydrogens is 154 g/mol. The highest BCUT2D eigenvalue weighted by atomic mass is 32.1. The minimum Gasteiger partial charge on any atom is -0.318 e. The average Bonchev–Trinajstić information content (AvgIpc) is 2.07. The number of thiol groups is 1. The van der Waals surface area contributed by atoms with Crippen molar-refractivity contribution in [2.24, 2.45) is 0 Å². The van der Waals surface area contributed by atoms with Crippen molar-refractivity contribution in [3.05, 3.63) is 35.9 Å². The second kappa shape index (κ2) is 4.42. The fourth-order valence-corrected chi connectivity index (χ4v) is 1.34. The Kier molecular flexibility index (Phi) is 3.46. The lowest BCUT2D eigenvalue weighted by molar-refractivity contribution is 0.781. The normalized spacial score (nSPS) is 12.9. The van der Waals surface area contributed by atoms with Crippen molar-refractivity contribution in [1.29, 1.82) is 0 Å². The predicted octanol–water partition coefficient (Wildman–Crippen LogP) is 1.88. The molecule has 0 amide bonds. The monoisotopic (exact) mass is 167 g/mol. The molecule has 0 aliphatic heterocycles. The Morgan fingerprint density at radius 3 is 2.55 bits per heavy atom. The fourth-order valence-electron chi connectivity index (χ4n) is 0.986. The zero-order valence-corrected chi connectivity index (χ0v) is 7.51. The van der Waals surface area contributed by atoms with E-state index in [-0.39, 0.29) is 0 Å². The third-order valence-electron chi connectivity index (χ3n) is 1.58. The number of nitrogens with one attached hydrogen (secondary N) is 1. The third kappa shape index (κ3) is 2.56. The zero-order chi connectivity index (χ0) is 8.10. The lowest BCUT2D eigenvalue weighted by atomic mass is 10.1. The summed E-state index contributed by atoms with van der Waals surface area (Å²) >= 11 is 4.44. The number of hydrogen-bond donors (Lipinski definition) is 2. The van der Waals surface area contributed by atoms with Crippen LogP contribution >= 0.6 is 12.6 Å². The van der Waals surface area contributed by atoms with Crippen LogP contribution in [0.1, 0.15) is 10.8 Å². The predicted molar refractivity (Wildman–Crippen MR) is 52.1 cm³/mol. The van der Waals surface area contributed by atoms with E-state index in [1.54, 1.807) is 0 Å². The second-order valence-electron chi connectivity index (χ2n) is 2.48. The van der Waals surface area contributed by atoms with Gasteiger partial charge in [-0.05, 0) is 12.6 Å². The molecule has 1 aromatic rings. The van der Waals surface area contributed by atoms with Crippen LogP contribution in [0.5, 0.6) is 0 Å². The lowest BCUT2D eigenvalue weighted by Gasteiger charge is -2.08. The molecule has 60 valence electrons. The summed E-state index contributed by atoms with van der Waals surface area (Å²) in [5.41, 5.74) is 1.27. The van der Waals surface area contributed by atoms with Gasteiger partial charge in [-0.2, -0.15) is 12.6 Å². The summed E-state index contributed by atoms with van der Waals surface area (Å²) in [4.78, 5) is 0. The van der Waals surface area contributed by atoms with Crippen molar-refractivity contribution < 1.29 is 0 Å². The van der Waals surface area contributed by atoms with Crippen LogP contribution in [0.15, 0.2) is 30.3 Å². The molecule has 1 atom stereocenters. The van der Waals surface area contributed by atoms with Crippen LogP contribution in [0.4, 0.5) is 0 Å². The minimum absolute atomic E-state index is 0.307. The van der Waals surface area contributed by atoms with Crippen molar-refractivity contribution in [2.45, 2.75) is 5.25 Å². The first kappa shape index (κ1) is 8.62. The van der Waals surface area contributed by atoms with Gasteiger partial charge < -0.3 is 5.32 Å². The molecule has 1 N–H and O–H groups in total. The van der Waals surface area contributed by atoms with E-state index in [4.69, 9.17) is 0 Å². The van der Waals surface area contributed by atoms with Gasteiger partial charge in [-0.25, -0.2) is 0 Å². The van der Waals surface area contributed by atoms with Crippen LogP contribution in [0, 0.1) is 0 Å². The smallest absolute Gasteiger partial charge is 0.0391 e. The van der Waals surface area contributed by atoms with E-state index in [1.165, 1.54) is 5.56 Å². The molecule has 2 heteroatoms. The zero-order valence-electron chi connectivity index (χ0n) is 6.62. The topological polar surface area (TPSA) is 12.0 Å². The van der Waals surface area contributed by atoms with Gasteiger partial charge in [0.1, 0.15) is 0 Å². The van der Waals surface area contributed by atoms with E-state index < -0.39 is 0 Å². The van der Waals surface area contributed by atoms with Gasteiger partial charge in [-0.1, -0.05) is 30.3 Å². The van der Waals surface area contributed by atoms with Crippen molar-refractivity contribution in [3.8, 4) is 0 Å². The van der Waals surface area contributed by atoms with Crippen LogP contribution in [0.3, 0.4) is 0 Å². The SMILES string of the molecule is CNCC(S)c1ccccc1. The highest BCUT2D eigenvalue weighted by molar-refractivity contribution is 7.80. The van der Waals surface area contributed by atoms with E-state index in [1.807, 2.05) is 25.2 Å². The molecule has 0 aliphatic rings. The Morgan fingerprint density at radius 2 is 2.00 bits per heavy atom. The summed E-state index contributed by atoms with van der Waals surface area (Å²) in [5.74, 6) is 0. The summed E-state index contributed by atoms with van der Waals surface area (Å²) in [6.07, 6.45) is 0. The van der Waals surface area contributed by atoms with Crippen LogP contribution in [-0.2, 0) is 0 Å². The van der Waals surface area contributed by atoms with Crippen LogP contribution in [-0.4, -0.2) is 13.6 Å². The summed E-state index contributed by atoms with van der Waals surface area (Å²) < 4.78 is 0. The van der Waals surface area contributed by atoms with Gasteiger partial charge >= 0.3 is 0 Å². The summed E-state index contributed by atoms with van der Waals surface area (Å²) in [7, 11) is 1.94. The Hall–Kier alpha value is -0.470. The van der Waals surface area contributed by atoms with E-state index in [9.17, 15) is 0 Å². The third-order valence-corrected chi connectivity index (χ3v) is 2.06. The molecule has 0 aliphatic carbocycles. The first-order valence-electron chi connectivity index (χ1n) is 3.72. The molecular formula is C9H13NS. The van der Waals surface area contributed by atoms with Gasteiger partial charge in [0.05, 0.1) is 0 Å². The largest absolute Gasteiger partial charge is 0.318 e. The van der Waals surface area contributed by atoms with Crippen molar-refractivity contribution >= 4 is 12.6 Å². The highest BCUT2D eigenvalue weighted by Gasteiger charge is 2.02. The van der Waals surface area contributed by atoms with Crippen LogP contribution in [0.2, 0.25) is 0 Å². The number of benzene rings is 1. The molecule has 1 nitrogen and oxygen atoms in total. The first-order valence-corrected chi connectivity index (χ1v) is 4.24. The molecule has 0 aromatic heterocycles. The Bertz CT molecular complexity index is 198. The maximum absolute atomic E-state index is 4.44. The average molecular weight is 167 g/mol. The van der Waals surface area contributed by atoms with Crippen molar-refractivity contribution in [1.82, 2.24) is 5.32 Å². The highest BCUT2D eigenvalue weighted by Crippen LogP contribution is 2.17. The molecule has 1 aromatic carbocycles. The standard InChI is InChI=1S/C9H13NS/c1-10-7-9(11)8-5-3-2-4-6-8/h2-6,9-11H,7H2,1H3. The second-order valence-corrected chi connectivity index (χ2v) is 3.11. The molecule has 0 radical (unpaired) electrons. The molecule has 0 fully saturated rings. The molecule has 0 saturated heterocycles. The fraction of sp³-hybridized carbons (Fsp3) is 0.333. The molecule has 11 heavy (non-hydrogen) atoms. The van der Waals surface area contributed by atoms with Crippen molar-refractivity contribution in [2.75, 3.05) is 13.6 Å². The molecule has 0 heterocycles. The van der Waals surface area contributed by atoms with E-state index >= 15 is 0 Å². The molecule has 1 rings (SSSR count). The van der Waals surface area contributed by atoms with Gasteiger partial charge in [-0.15, -0.1) is 0 Å².